The van der Waals surface area contributed by atoms with Gasteiger partial charge in [0.15, 0.2) is 0 Å². The first-order valence-corrected chi connectivity index (χ1v) is 14.0. The lowest BCUT2D eigenvalue weighted by atomic mass is 9.54. The number of hydrogen-bond donors (Lipinski definition) is 3. The minimum absolute atomic E-state index is 0.0738. The molecule has 1 saturated heterocycles. The van der Waals surface area contributed by atoms with Crippen molar-refractivity contribution in [1.29, 1.82) is 0 Å². The van der Waals surface area contributed by atoms with Gasteiger partial charge >= 0.3 is 0 Å². The molecule has 3 N–H and O–H groups in total. The van der Waals surface area contributed by atoms with Crippen molar-refractivity contribution in [3.8, 4) is 5.75 Å². The average Bonchev–Trinajstić information content (AvgIpc) is 3.36. The number of aliphatic hydroxyl groups excluding tert-OH is 2. The van der Waals surface area contributed by atoms with Crippen molar-refractivity contribution < 1.29 is 14.9 Å². The van der Waals surface area contributed by atoms with Crippen LogP contribution in [0.4, 0.5) is 0 Å². The highest BCUT2D eigenvalue weighted by atomic mass is 16.5. The van der Waals surface area contributed by atoms with Crippen molar-refractivity contribution in [1.82, 2.24) is 10.2 Å². The van der Waals surface area contributed by atoms with Crippen molar-refractivity contribution in [2.24, 2.45) is 23.2 Å². The molecule has 0 radical (unpaired) electrons. The molecule has 1 aliphatic heterocycles. The summed E-state index contributed by atoms with van der Waals surface area (Å²) in [5, 5.41) is 25.2. The van der Waals surface area contributed by atoms with Gasteiger partial charge in [0.2, 0.25) is 0 Å². The molecular formula is C29H46N2O3. The number of nitrogens with zero attached hydrogens (tertiary/aromatic N) is 1. The SMILES string of the molecule is CCNC(O)C1CC(O)C2(C)CCC3c4ccc(OCCCN5CCCC5C)cc4CCC3C12. The molecule has 1 aromatic rings. The second-order valence-electron chi connectivity index (χ2n) is 11.9. The molecule has 1 heterocycles. The van der Waals surface area contributed by atoms with E-state index in [0.717, 1.165) is 63.6 Å². The second-order valence-corrected chi connectivity index (χ2v) is 11.9. The molecule has 5 nitrogen and oxygen atoms in total. The van der Waals surface area contributed by atoms with Gasteiger partial charge in [0.25, 0.3) is 0 Å². The maximum atomic E-state index is 11.0. The number of nitrogens with one attached hydrogen (secondary N) is 1. The summed E-state index contributed by atoms with van der Waals surface area (Å²) >= 11 is 0. The van der Waals surface area contributed by atoms with Gasteiger partial charge in [-0.05, 0) is 118 Å². The van der Waals surface area contributed by atoms with Crippen molar-refractivity contribution in [3.05, 3.63) is 29.3 Å². The van der Waals surface area contributed by atoms with Gasteiger partial charge in [0.1, 0.15) is 12.0 Å². The molecule has 190 valence electrons. The van der Waals surface area contributed by atoms with E-state index in [1.807, 2.05) is 6.92 Å². The Balaban J connectivity index is 1.25. The van der Waals surface area contributed by atoms with Gasteiger partial charge in [0, 0.05) is 18.5 Å². The lowest BCUT2D eigenvalue weighted by Crippen LogP contribution is -2.48. The Morgan fingerprint density at radius 3 is 2.88 bits per heavy atom. The van der Waals surface area contributed by atoms with Crippen LogP contribution in [0.15, 0.2) is 18.2 Å². The molecule has 0 aromatic heterocycles. The molecule has 3 fully saturated rings. The molecule has 8 unspecified atom stereocenters. The van der Waals surface area contributed by atoms with E-state index in [2.05, 4.69) is 42.3 Å². The topological polar surface area (TPSA) is 65.0 Å². The lowest BCUT2D eigenvalue weighted by Gasteiger charge is -2.51. The summed E-state index contributed by atoms with van der Waals surface area (Å²) in [6.45, 7) is 10.6. The third-order valence-corrected chi connectivity index (χ3v) is 10.1. The molecule has 4 aliphatic rings. The van der Waals surface area contributed by atoms with Crippen LogP contribution in [0.2, 0.25) is 0 Å². The van der Waals surface area contributed by atoms with Crippen LogP contribution in [0, 0.1) is 23.2 Å². The maximum Gasteiger partial charge on any atom is 0.119 e. The first kappa shape index (κ1) is 24.5. The molecule has 8 atom stereocenters. The quantitative estimate of drug-likeness (QED) is 0.390. The number of aryl methyl sites for hydroxylation is 1. The van der Waals surface area contributed by atoms with E-state index in [4.69, 9.17) is 4.74 Å². The summed E-state index contributed by atoms with van der Waals surface area (Å²) in [6.07, 6.45) is 8.05. The van der Waals surface area contributed by atoms with Gasteiger partial charge in [-0.1, -0.05) is 19.9 Å². The van der Waals surface area contributed by atoms with Crippen LogP contribution in [0.25, 0.3) is 0 Å². The summed E-state index contributed by atoms with van der Waals surface area (Å²) in [6, 6.07) is 7.54. The molecule has 5 rings (SSSR count). The summed E-state index contributed by atoms with van der Waals surface area (Å²) in [4.78, 5) is 2.59. The lowest BCUT2D eigenvalue weighted by molar-refractivity contribution is -0.0485. The van der Waals surface area contributed by atoms with Crippen molar-refractivity contribution in [3.63, 3.8) is 0 Å². The van der Waals surface area contributed by atoms with Crippen molar-refractivity contribution in [2.75, 3.05) is 26.2 Å². The third-order valence-electron chi connectivity index (χ3n) is 10.1. The molecule has 34 heavy (non-hydrogen) atoms. The van der Waals surface area contributed by atoms with Crippen LogP contribution in [0.1, 0.15) is 82.8 Å². The Morgan fingerprint density at radius 1 is 1.26 bits per heavy atom. The number of hydrogen-bond acceptors (Lipinski definition) is 5. The van der Waals surface area contributed by atoms with Crippen LogP contribution >= 0.6 is 0 Å². The minimum atomic E-state index is -0.522. The third kappa shape index (κ3) is 4.42. The van der Waals surface area contributed by atoms with Gasteiger partial charge in [-0.2, -0.15) is 0 Å². The molecule has 0 bridgehead atoms. The van der Waals surface area contributed by atoms with Gasteiger partial charge < -0.3 is 19.8 Å². The van der Waals surface area contributed by atoms with E-state index in [9.17, 15) is 10.2 Å². The fourth-order valence-corrected chi connectivity index (χ4v) is 8.26. The van der Waals surface area contributed by atoms with Gasteiger partial charge in [-0.15, -0.1) is 0 Å². The summed E-state index contributed by atoms with van der Waals surface area (Å²) in [7, 11) is 0. The zero-order chi connectivity index (χ0) is 23.9. The van der Waals surface area contributed by atoms with Gasteiger partial charge in [-0.25, -0.2) is 0 Å². The second kappa shape index (κ2) is 10.1. The fourth-order valence-electron chi connectivity index (χ4n) is 8.26. The number of benzene rings is 1. The molecular weight excluding hydrogens is 424 g/mol. The highest BCUT2D eigenvalue weighted by molar-refractivity contribution is 5.41. The fraction of sp³-hybridized carbons (Fsp3) is 0.793. The Labute approximate surface area is 206 Å². The molecule has 5 heteroatoms. The number of ether oxygens (including phenoxy) is 1. The number of likely N-dealkylation sites (tertiary alicyclic amines) is 1. The molecule has 3 aliphatic carbocycles. The normalized spacial score (nSPS) is 38.3. The molecule has 1 aromatic carbocycles. The first-order valence-electron chi connectivity index (χ1n) is 14.0. The number of aliphatic hydroxyl groups is 2. The van der Waals surface area contributed by atoms with Gasteiger partial charge in [-0.3, -0.25) is 5.32 Å². The largest absolute Gasteiger partial charge is 0.494 e. The highest BCUT2D eigenvalue weighted by Crippen LogP contribution is 2.63. The first-order chi connectivity index (χ1) is 16.4. The minimum Gasteiger partial charge on any atom is -0.494 e. The van der Waals surface area contributed by atoms with E-state index in [0.29, 0.717) is 24.2 Å². The van der Waals surface area contributed by atoms with E-state index in [-0.39, 0.29) is 17.4 Å². The van der Waals surface area contributed by atoms with E-state index >= 15 is 0 Å². The average molecular weight is 471 g/mol. The van der Waals surface area contributed by atoms with Crippen LogP contribution in [0.3, 0.4) is 0 Å². The smallest absolute Gasteiger partial charge is 0.119 e. The number of fused-ring (bicyclic) bond motifs is 5. The zero-order valence-electron chi connectivity index (χ0n) is 21.5. The van der Waals surface area contributed by atoms with Crippen LogP contribution in [0.5, 0.6) is 5.75 Å². The highest BCUT2D eigenvalue weighted by Gasteiger charge is 2.59. The molecule has 2 saturated carbocycles. The van der Waals surface area contributed by atoms with E-state index in [1.165, 1.54) is 30.5 Å². The van der Waals surface area contributed by atoms with Crippen molar-refractivity contribution in [2.45, 2.75) is 96.4 Å². The van der Waals surface area contributed by atoms with E-state index < -0.39 is 6.23 Å². The Kier molecular flexibility index (Phi) is 7.28. The number of rotatable bonds is 8. The monoisotopic (exact) mass is 470 g/mol. The standard InChI is InChI=1S/C29H46N2O3/c1-4-30-28(33)25-18-26(32)29(3)13-12-23-22-11-9-21(17-20(22)8-10-24(23)27(25)29)34-16-6-15-31-14-5-7-19(31)2/h9,11,17,19,23-28,30,32-33H,4-8,10,12-16,18H2,1-3H3. The van der Waals surface area contributed by atoms with Crippen LogP contribution in [-0.2, 0) is 6.42 Å². The Bertz CT molecular complexity index is 847. The predicted molar refractivity (Wildman–Crippen MR) is 136 cm³/mol. The summed E-state index contributed by atoms with van der Waals surface area (Å²) in [5.74, 6) is 2.59. The van der Waals surface area contributed by atoms with Gasteiger partial charge in [0.05, 0.1) is 12.7 Å². The van der Waals surface area contributed by atoms with Crippen LogP contribution < -0.4 is 10.1 Å². The molecule has 0 spiro atoms. The van der Waals surface area contributed by atoms with E-state index in [1.54, 1.807) is 0 Å². The summed E-state index contributed by atoms with van der Waals surface area (Å²) in [5.41, 5.74) is 2.88. The molecule has 0 amide bonds. The Hall–Kier alpha value is -1.14. The zero-order valence-corrected chi connectivity index (χ0v) is 21.5. The predicted octanol–water partition coefficient (Wildman–Crippen LogP) is 4.31. The van der Waals surface area contributed by atoms with Crippen molar-refractivity contribution >= 4 is 0 Å². The maximum absolute atomic E-state index is 11.0. The van der Waals surface area contributed by atoms with Crippen LogP contribution in [-0.4, -0.2) is 59.7 Å². The Morgan fingerprint density at radius 2 is 2.12 bits per heavy atom. The summed E-state index contributed by atoms with van der Waals surface area (Å²) < 4.78 is 6.18.